The second kappa shape index (κ2) is 3.48. The maximum atomic E-state index is 4.13. The lowest BCUT2D eigenvalue weighted by Gasteiger charge is -1.92. The Morgan fingerprint density at radius 1 is 1.20 bits per heavy atom. The first-order valence-corrected chi connectivity index (χ1v) is 5.56. The summed E-state index contributed by atoms with van der Waals surface area (Å²) in [6.45, 7) is 0. The molecule has 1 aromatic carbocycles. The molecule has 0 spiro atoms. The molecule has 0 unspecified atom stereocenters. The molecule has 3 aromatic rings. The molecule has 0 atom stereocenters. The molecule has 0 aliphatic carbocycles. The molecule has 0 saturated carbocycles. The summed E-state index contributed by atoms with van der Waals surface area (Å²) in [6, 6.07) is 15.5. The molecular weight excluding hydrogens is 202 g/mol. The first kappa shape index (κ1) is 8.62. The highest BCUT2D eigenvalue weighted by Gasteiger charge is 2.02. The van der Waals surface area contributed by atoms with Crippen molar-refractivity contribution in [2.24, 2.45) is 0 Å². The first-order chi connectivity index (χ1) is 7.43. The van der Waals surface area contributed by atoms with Gasteiger partial charge in [0.15, 0.2) is 0 Å². The number of nitrogens with zero attached hydrogens (tertiary/aromatic N) is 1. The van der Waals surface area contributed by atoms with Gasteiger partial charge in [-0.15, -0.1) is 11.3 Å². The van der Waals surface area contributed by atoms with E-state index < -0.39 is 0 Å². The van der Waals surface area contributed by atoms with E-state index in [1.54, 1.807) is 17.5 Å². The number of hydrogen-bond acceptors (Lipinski definition) is 2. The fourth-order valence-corrected chi connectivity index (χ4v) is 2.59. The summed E-state index contributed by atoms with van der Waals surface area (Å²) in [5.74, 6) is 0. The maximum Gasteiger partial charge on any atom is 0.0371 e. The fourth-order valence-electron chi connectivity index (χ4n) is 1.57. The number of thiophene rings is 1. The van der Waals surface area contributed by atoms with Gasteiger partial charge < -0.3 is 0 Å². The predicted octanol–water partition coefficient (Wildman–Crippen LogP) is 3.76. The molecule has 0 fully saturated rings. The minimum Gasteiger partial charge on any atom is -0.264 e. The van der Waals surface area contributed by atoms with Crippen molar-refractivity contribution in [1.82, 2.24) is 4.98 Å². The van der Waals surface area contributed by atoms with Crippen molar-refractivity contribution in [1.29, 1.82) is 0 Å². The molecule has 0 saturated heterocycles. The van der Waals surface area contributed by atoms with Crippen molar-refractivity contribution in [3.8, 4) is 10.4 Å². The number of benzene rings is 1. The van der Waals surface area contributed by atoms with Gasteiger partial charge in [-0.1, -0.05) is 18.2 Å². The smallest absolute Gasteiger partial charge is 0.0371 e. The van der Waals surface area contributed by atoms with Gasteiger partial charge in [-0.3, -0.25) is 4.98 Å². The van der Waals surface area contributed by atoms with Gasteiger partial charge in [0, 0.05) is 32.9 Å². The number of rotatable bonds is 1. The first-order valence-electron chi connectivity index (χ1n) is 4.74. The van der Waals surface area contributed by atoms with E-state index in [0.29, 0.717) is 0 Å². The van der Waals surface area contributed by atoms with Gasteiger partial charge in [-0.05, 0) is 24.3 Å². The van der Waals surface area contributed by atoms with Gasteiger partial charge in [0.1, 0.15) is 0 Å². The Bertz CT molecular complexity index is 551. The van der Waals surface area contributed by atoms with E-state index in [1.807, 2.05) is 24.4 Å². The Hall–Kier alpha value is -1.67. The van der Waals surface area contributed by atoms with Crippen molar-refractivity contribution in [3.05, 3.63) is 54.9 Å². The van der Waals surface area contributed by atoms with E-state index in [4.69, 9.17) is 0 Å². The minimum absolute atomic E-state index is 1.17. The molecule has 0 N–H and O–H groups in total. The van der Waals surface area contributed by atoms with Crippen molar-refractivity contribution >= 4 is 21.4 Å². The zero-order valence-electron chi connectivity index (χ0n) is 7.97. The summed E-state index contributed by atoms with van der Waals surface area (Å²) >= 11 is 1.78. The predicted molar refractivity (Wildman–Crippen MR) is 63.9 cm³/mol. The molecule has 71 valence electrons. The summed E-state index contributed by atoms with van der Waals surface area (Å²) in [6.07, 6.45) is 3.69. The Labute approximate surface area is 92.0 Å². The van der Waals surface area contributed by atoms with Crippen LogP contribution in [0.3, 0.4) is 0 Å². The molecule has 2 aromatic heterocycles. The normalized spacial score (nSPS) is 10.7. The van der Waals surface area contributed by atoms with Gasteiger partial charge >= 0.3 is 0 Å². The van der Waals surface area contributed by atoms with Crippen LogP contribution in [0.15, 0.2) is 48.8 Å². The van der Waals surface area contributed by atoms with Crippen LogP contribution >= 0.6 is 11.3 Å². The Morgan fingerprint density at radius 3 is 3.00 bits per heavy atom. The summed E-state index contributed by atoms with van der Waals surface area (Å²) in [7, 11) is 0. The lowest BCUT2D eigenvalue weighted by atomic mass is 10.2. The standard InChI is InChI=1S/C13H8NS/c1-2-6-12-10(4-1)8-13(15-12)11-5-3-7-14-9-11/h1-3,5-9H. The van der Waals surface area contributed by atoms with E-state index in [2.05, 4.69) is 29.2 Å². The third-order valence-electron chi connectivity index (χ3n) is 2.29. The van der Waals surface area contributed by atoms with Crippen molar-refractivity contribution < 1.29 is 0 Å². The van der Waals surface area contributed by atoms with Gasteiger partial charge in [0.05, 0.1) is 0 Å². The highest BCUT2D eigenvalue weighted by molar-refractivity contribution is 7.22. The summed E-state index contributed by atoms with van der Waals surface area (Å²) in [4.78, 5) is 5.38. The van der Waals surface area contributed by atoms with Crippen LogP contribution in [-0.4, -0.2) is 4.98 Å². The van der Waals surface area contributed by atoms with Crippen molar-refractivity contribution in [3.63, 3.8) is 0 Å². The van der Waals surface area contributed by atoms with Crippen LogP contribution in [0.4, 0.5) is 0 Å². The minimum atomic E-state index is 1.17. The monoisotopic (exact) mass is 210 g/mol. The van der Waals surface area contributed by atoms with Crippen LogP contribution in [0.1, 0.15) is 0 Å². The quantitative estimate of drug-likeness (QED) is 0.596. The number of aromatic nitrogens is 1. The second-order valence-corrected chi connectivity index (χ2v) is 4.38. The van der Waals surface area contributed by atoms with Crippen molar-refractivity contribution in [2.45, 2.75) is 0 Å². The molecule has 1 radical (unpaired) electrons. The molecule has 0 aliphatic heterocycles. The molecular formula is C13H8NS. The summed E-state index contributed by atoms with van der Waals surface area (Å²) < 4.78 is 1.27. The zero-order valence-corrected chi connectivity index (χ0v) is 8.79. The fraction of sp³-hybridized carbons (Fsp3) is 0. The average Bonchev–Trinajstić information content (AvgIpc) is 2.74. The van der Waals surface area contributed by atoms with E-state index in [1.165, 1.54) is 20.5 Å². The highest BCUT2D eigenvalue weighted by Crippen LogP contribution is 2.32. The van der Waals surface area contributed by atoms with E-state index >= 15 is 0 Å². The Morgan fingerprint density at radius 2 is 2.20 bits per heavy atom. The topological polar surface area (TPSA) is 12.9 Å². The van der Waals surface area contributed by atoms with Crippen molar-refractivity contribution in [2.75, 3.05) is 0 Å². The molecule has 2 heteroatoms. The van der Waals surface area contributed by atoms with Crippen LogP contribution in [0, 0.1) is 6.07 Å². The molecule has 3 rings (SSSR count). The maximum absolute atomic E-state index is 4.13. The Kier molecular flexibility index (Phi) is 2.00. The molecule has 0 amide bonds. The average molecular weight is 210 g/mol. The van der Waals surface area contributed by atoms with Crippen LogP contribution in [0.25, 0.3) is 20.5 Å². The molecule has 1 nitrogen and oxygen atoms in total. The SMILES string of the molecule is [c]1cccc2sc(-c3cccnc3)cc12. The zero-order chi connectivity index (χ0) is 10.1. The molecule has 15 heavy (non-hydrogen) atoms. The largest absolute Gasteiger partial charge is 0.264 e. The van der Waals surface area contributed by atoms with Gasteiger partial charge in [0.2, 0.25) is 0 Å². The Balaban J connectivity index is 2.21. The number of hydrogen-bond donors (Lipinski definition) is 0. The van der Waals surface area contributed by atoms with E-state index in [0.717, 1.165) is 0 Å². The summed E-state index contributed by atoms with van der Waals surface area (Å²) in [5, 5.41) is 1.18. The molecule has 2 heterocycles. The van der Waals surface area contributed by atoms with E-state index in [9.17, 15) is 0 Å². The van der Waals surface area contributed by atoms with E-state index in [-0.39, 0.29) is 0 Å². The lowest BCUT2D eigenvalue weighted by Crippen LogP contribution is -1.72. The third kappa shape index (κ3) is 1.53. The second-order valence-electron chi connectivity index (χ2n) is 3.30. The molecule has 0 aliphatic rings. The molecule has 0 bridgehead atoms. The lowest BCUT2D eigenvalue weighted by molar-refractivity contribution is 1.33. The van der Waals surface area contributed by atoms with Gasteiger partial charge in [-0.2, -0.15) is 0 Å². The van der Waals surface area contributed by atoms with Crippen LogP contribution in [0.5, 0.6) is 0 Å². The van der Waals surface area contributed by atoms with Gasteiger partial charge in [0.25, 0.3) is 0 Å². The third-order valence-corrected chi connectivity index (χ3v) is 3.44. The van der Waals surface area contributed by atoms with Crippen LogP contribution in [-0.2, 0) is 0 Å². The number of fused-ring (bicyclic) bond motifs is 1. The summed E-state index contributed by atoms with van der Waals surface area (Å²) in [5.41, 5.74) is 1.17. The van der Waals surface area contributed by atoms with Crippen LogP contribution < -0.4 is 0 Å². The van der Waals surface area contributed by atoms with Gasteiger partial charge in [-0.25, -0.2) is 0 Å². The highest BCUT2D eigenvalue weighted by atomic mass is 32.1. The van der Waals surface area contributed by atoms with Crippen LogP contribution in [0.2, 0.25) is 0 Å². The number of pyridine rings is 1.